The zero-order valence-electron chi connectivity index (χ0n) is 15.5. The molecule has 2 saturated heterocycles. The van der Waals surface area contributed by atoms with Gasteiger partial charge in [0.1, 0.15) is 5.82 Å². The lowest BCUT2D eigenvalue weighted by atomic mass is 9.92. The van der Waals surface area contributed by atoms with Crippen LogP contribution in [-0.4, -0.2) is 53.6 Å². The van der Waals surface area contributed by atoms with Gasteiger partial charge in [0, 0.05) is 37.5 Å². The number of aryl methyl sites for hydroxylation is 1. The smallest absolute Gasteiger partial charge is 0.410 e. The number of rotatable bonds is 4. The third kappa shape index (κ3) is 4.00. The van der Waals surface area contributed by atoms with Gasteiger partial charge in [-0.2, -0.15) is 0 Å². The van der Waals surface area contributed by atoms with Crippen molar-refractivity contribution in [3.8, 4) is 0 Å². The maximum Gasteiger partial charge on any atom is 0.410 e. The highest BCUT2D eigenvalue weighted by Gasteiger charge is 2.40. The van der Waals surface area contributed by atoms with Gasteiger partial charge in [0.25, 0.3) is 0 Å². The first-order valence-corrected chi connectivity index (χ1v) is 9.43. The lowest BCUT2D eigenvalue weighted by Crippen LogP contribution is -2.54. The number of benzene rings is 1. The molecule has 5 nitrogen and oxygen atoms in total. The molecular weight excluding hydrogens is 335 g/mol. The van der Waals surface area contributed by atoms with Crippen LogP contribution in [0.25, 0.3) is 0 Å². The third-order valence-corrected chi connectivity index (χ3v) is 5.47. The van der Waals surface area contributed by atoms with Crippen molar-refractivity contribution in [3.05, 3.63) is 35.6 Å². The van der Waals surface area contributed by atoms with Gasteiger partial charge in [0.15, 0.2) is 0 Å². The molecule has 0 aliphatic carbocycles. The molecule has 1 aromatic rings. The Hall–Kier alpha value is -2.11. The van der Waals surface area contributed by atoms with Gasteiger partial charge in [-0.25, -0.2) is 9.18 Å². The van der Waals surface area contributed by atoms with Gasteiger partial charge in [-0.1, -0.05) is 18.2 Å². The molecule has 142 valence electrons. The normalized spacial score (nSPS) is 23.5. The molecule has 0 radical (unpaired) electrons. The summed E-state index contributed by atoms with van der Waals surface area (Å²) in [6.07, 6.45) is 2.06. The summed E-state index contributed by atoms with van der Waals surface area (Å²) in [4.78, 5) is 28.4. The van der Waals surface area contributed by atoms with Crippen molar-refractivity contribution >= 4 is 12.0 Å². The van der Waals surface area contributed by atoms with Gasteiger partial charge in [-0.3, -0.25) is 4.79 Å². The highest BCUT2D eigenvalue weighted by atomic mass is 19.1. The second-order valence-corrected chi connectivity index (χ2v) is 7.45. The van der Waals surface area contributed by atoms with Crippen LogP contribution in [-0.2, 0) is 16.0 Å². The fourth-order valence-corrected chi connectivity index (χ4v) is 4.04. The van der Waals surface area contributed by atoms with Crippen LogP contribution in [0.2, 0.25) is 0 Å². The number of nitrogens with zero attached hydrogens (tertiary/aromatic N) is 2. The van der Waals surface area contributed by atoms with Gasteiger partial charge in [0.05, 0.1) is 6.61 Å². The van der Waals surface area contributed by atoms with E-state index in [1.807, 2.05) is 23.6 Å². The largest absolute Gasteiger partial charge is 0.449 e. The summed E-state index contributed by atoms with van der Waals surface area (Å²) in [7, 11) is 0. The number of carbonyl (C=O) groups excluding carboxylic acids is 2. The van der Waals surface area contributed by atoms with Crippen LogP contribution in [0.15, 0.2) is 24.3 Å². The van der Waals surface area contributed by atoms with Crippen LogP contribution in [0.1, 0.15) is 38.7 Å². The molecule has 0 bridgehead atoms. The Morgan fingerprint density at radius 2 is 2.00 bits per heavy atom. The quantitative estimate of drug-likeness (QED) is 0.826. The topological polar surface area (TPSA) is 49.9 Å². The Bertz CT molecular complexity index is 664. The highest BCUT2D eigenvalue weighted by molar-refractivity contribution is 5.76. The van der Waals surface area contributed by atoms with Crippen molar-refractivity contribution in [1.29, 1.82) is 0 Å². The van der Waals surface area contributed by atoms with E-state index in [2.05, 4.69) is 0 Å². The number of cyclic esters (lactones) is 1. The first kappa shape index (κ1) is 18.7. The minimum atomic E-state index is -0.259. The van der Waals surface area contributed by atoms with Crippen molar-refractivity contribution in [2.45, 2.75) is 51.6 Å². The van der Waals surface area contributed by atoms with Crippen molar-refractivity contribution in [3.63, 3.8) is 0 Å². The van der Waals surface area contributed by atoms with E-state index in [0.29, 0.717) is 38.1 Å². The number of hydrogen-bond donors (Lipinski definition) is 0. The molecule has 2 fully saturated rings. The van der Waals surface area contributed by atoms with Gasteiger partial charge in [-0.15, -0.1) is 0 Å². The fourth-order valence-electron chi connectivity index (χ4n) is 4.04. The van der Waals surface area contributed by atoms with Gasteiger partial charge < -0.3 is 14.5 Å². The number of carbonyl (C=O) groups is 2. The van der Waals surface area contributed by atoms with Crippen LogP contribution in [0.5, 0.6) is 0 Å². The van der Waals surface area contributed by atoms with Crippen molar-refractivity contribution in [2.24, 2.45) is 5.92 Å². The molecule has 2 aliphatic rings. The Morgan fingerprint density at radius 1 is 1.27 bits per heavy atom. The van der Waals surface area contributed by atoms with E-state index in [0.717, 1.165) is 12.8 Å². The molecule has 6 heteroatoms. The van der Waals surface area contributed by atoms with Gasteiger partial charge >= 0.3 is 6.09 Å². The predicted octanol–water partition coefficient (Wildman–Crippen LogP) is 3.23. The second-order valence-electron chi connectivity index (χ2n) is 7.45. The maximum absolute atomic E-state index is 13.7. The summed E-state index contributed by atoms with van der Waals surface area (Å²) >= 11 is 0. The van der Waals surface area contributed by atoms with Crippen LogP contribution in [0.3, 0.4) is 0 Å². The molecule has 2 atom stereocenters. The average molecular weight is 362 g/mol. The third-order valence-electron chi connectivity index (χ3n) is 5.47. The molecule has 1 aromatic carbocycles. The molecule has 0 spiro atoms. The summed E-state index contributed by atoms with van der Waals surface area (Å²) in [6.45, 7) is 5.72. The summed E-state index contributed by atoms with van der Waals surface area (Å²) in [6, 6.07) is 6.80. The van der Waals surface area contributed by atoms with Crippen LogP contribution >= 0.6 is 0 Å². The van der Waals surface area contributed by atoms with Gasteiger partial charge in [0.2, 0.25) is 5.91 Å². The first-order valence-electron chi connectivity index (χ1n) is 9.43. The standard InChI is InChI=1S/C20H27FN2O3/c1-14(2)23-18-10-12-22(11-9-16(18)13-26-20(23)25)19(24)8-7-15-5-3-4-6-17(15)21/h3-6,14,16,18H,7-13H2,1-2H3/t16-,18+/m1/s1. The van der Waals surface area contributed by atoms with Gasteiger partial charge in [-0.05, 0) is 44.7 Å². The van der Waals surface area contributed by atoms with Crippen LogP contribution in [0, 0.1) is 11.7 Å². The lowest BCUT2D eigenvalue weighted by molar-refractivity contribution is -0.131. The minimum Gasteiger partial charge on any atom is -0.449 e. The number of hydrogen-bond acceptors (Lipinski definition) is 3. The Morgan fingerprint density at radius 3 is 2.73 bits per heavy atom. The fraction of sp³-hybridized carbons (Fsp3) is 0.600. The SMILES string of the molecule is CC(C)N1C(=O)OC[C@H]2CCN(C(=O)CCc3ccccc3F)CC[C@@H]21. The van der Waals surface area contributed by atoms with E-state index in [1.165, 1.54) is 6.07 Å². The molecule has 26 heavy (non-hydrogen) atoms. The number of fused-ring (bicyclic) bond motifs is 1. The maximum atomic E-state index is 13.7. The van der Waals surface area contributed by atoms with Crippen molar-refractivity contribution in [1.82, 2.24) is 9.80 Å². The number of likely N-dealkylation sites (tertiary alicyclic amines) is 1. The lowest BCUT2D eigenvalue weighted by Gasteiger charge is -2.41. The van der Waals surface area contributed by atoms with E-state index in [1.54, 1.807) is 18.2 Å². The van der Waals surface area contributed by atoms with Crippen molar-refractivity contribution < 1.29 is 18.7 Å². The van der Waals surface area contributed by atoms with Crippen LogP contribution < -0.4 is 0 Å². The molecule has 2 aliphatic heterocycles. The number of halogens is 1. The Balaban J connectivity index is 1.60. The van der Waals surface area contributed by atoms with Crippen LogP contribution in [0.4, 0.5) is 9.18 Å². The Labute approximate surface area is 154 Å². The summed E-state index contributed by atoms with van der Waals surface area (Å²) in [5.41, 5.74) is 0.578. The number of ether oxygens (including phenoxy) is 1. The molecule has 0 N–H and O–H groups in total. The molecule has 2 amide bonds. The monoisotopic (exact) mass is 362 g/mol. The summed E-state index contributed by atoms with van der Waals surface area (Å²) in [5.74, 6) is 0.0557. The van der Waals surface area contributed by atoms with E-state index >= 15 is 0 Å². The summed E-state index contributed by atoms with van der Waals surface area (Å²) in [5, 5.41) is 0. The molecule has 0 aromatic heterocycles. The molecule has 0 unspecified atom stereocenters. The molecular formula is C20H27FN2O3. The average Bonchev–Trinajstić information content (AvgIpc) is 2.83. The van der Waals surface area contributed by atoms with E-state index in [4.69, 9.17) is 4.74 Å². The van der Waals surface area contributed by atoms with E-state index in [-0.39, 0.29) is 35.8 Å². The highest BCUT2D eigenvalue weighted by Crippen LogP contribution is 2.29. The number of amides is 2. The molecule has 3 rings (SSSR count). The molecule has 0 saturated carbocycles. The zero-order valence-corrected chi connectivity index (χ0v) is 15.5. The van der Waals surface area contributed by atoms with Crippen molar-refractivity contribution in [2.75, 3.05) is 19.7 Å². The summed E-state index contributed by atoms with van der Waals surface area (Å²) < 4.78 is 19.1. The van der Waals surface area contributed by atoms with E-state index in [9.17, 15) is 14.0 Å². The predicted molar refractivity (Wildman–Crippen MR) is 96.1 cm³/mol. The van der Waals surface area contributed by atoms with E-state index < -0.39 is 0 Å². The zero-order chi connectivity index (χ0) is 18.7. The first-order chi connectivity index (χ1) is 12.5. The Kier molecular flexibility index (Phi) is 5.79. The molecule has 2 heterocycles. The minimum absolute atomic E-state index is 0.0511. The second kappa shape index (κ2) is 8.06.